The molecule has 1 fully saturated rings. The molecule has 3 rings (SSSR count). The van der Waals surface area contributed by atoms with Crippen LogP contribution in [0.4, 0.5) is 18.9 Å². The summed E-state index contributed by atoms with van der Waals surface area (Å²) in [6, 6.07) is 9.58. The van der Waals surface area contributed by atoms with Crippen LogP contribution >= 0.6 is 11.6 Å². The van der Waals surface area contributed by atoms with E-state index in [4.69, 9.17) is 11.6 Å². The zero-order valence-corrected chi connectivity index (χ0v) is 17.0. The maximum Gasteiger partial charge on any atom is 0.417 e. The Bertz CT molecular complexity index is 1020. The molecule has 1 saturated heterocycles. The molecule has 2 aromatic carbocycles. The van der Waals surface area contributed by atoms with Crippen molar-refractivity contribution in [2.75, 3.05) is 31.1 Å². The number of sulfonamides is 1. The number of Topliss-reactive ketones (excluding diaryl/α,β-unsaturated/α-hetero) is 1. The summed E-state index contributed by atoms with van der Waals surface area (Å²) in [5, 5.41) is -0.546. The number of hydrogen-bond acceptors (Lipinski definition) is 4. The fraction of sp³-hybridized carbons (Fsp3) is 0.316. The predicted molar refractivity (Wildman–Crippen MR) is 104 cm³/mol. The molecule has 1 aliphatic rings. The van der Waals surface area contributed by atoms with Crippen molar-refractivity contribution in [3.8, 4) is 0 Å². The largest absolute Gasteiger partial charge is 0.417 e. The summed E-state index contributed by atoms with van der Waals surface area (Å²) in [6.07, 6.45) is -4.74. The summed E-state index contributed by atoms with van der Waals surface area (Å²) in [7, 11) is -4.08. The highest BCUT2D eigenvalue weighted by atomic mass is 35.5. The fourth-order valence-corrected chi connectivity index (χ4v) is 4.80. The molecular weight excluding hydrogens is 429 g/mol. The molecule has 0 saturated carbocycles. The van der Waals surface area contributed by atoms with Crippen molar-refractivity contribution in [3.63, 3.8) is 0 Å². The first-order valence-electron chi connectivity index (χ1n) is 8.73. The average molecular weight is 447 g/mol. The van der Waals surface area contributed by atoms with Gasteiger partial charge in [-0.05, 0) is 49.4 Å². The van der Waals surface area contributed by atoms with Gasteiger partial charge in [0.2, 0.25) is 10.0 Å². The molecule has 10 heteroatoms. The van der Waals surface area contributed by atoms with Gasteiger partial charge in [0.1, 0.15) is 0 Å². The molecule has 0 radical (unpaired) electrons. The van der Waals surface area contributed by atoms with E-state index in [2.05, 4.69) is 0 Å². The maximum absolute atomic E-state index is 13.1. The van der Waals surface area contributed by atoms with Crippen molar-refractivity contribution in [2.45, 2.75) is 18.0 Å². The number of carbonyl (C=O) groups excluding carboxylic acids is 1. The minimum atomic E-state index is -4.74. The number of ketones is 1. The number of benzene rings is 2. The molecule has 0 N–H and O–H groups in total. The number of carbonyl (C=O) groups is 1. The van der Waals surface area contributed by atoms with Gasteiger partial charge in [-0.3, -0.25) is 4.79 Å². The summed E-state index contributed by atoms with van der Waals surface area (Å²) < 4.78 is 65.9. The summed E-state index contributed by atoms with van der Waals surface area (Å²) in [5.41, 5.74) is 0.250. The van der Waals surface area contributed by atoms with E-state index < -0.39 is 31.7 Å². The Morgan fingerprint density at radius 1 is 1.00 bits per heavy atom. The quantitative estimate of drug-likeness (QED) is 0.664. The maximum atomic E-state index is 13.1. The molecule has 156 valence electrons. The highest BCUT2D eigenvalue weighted by Gasteiger charge is 2.36. The summed E-state index contributed by atoms with van der Waals surface area (Å²) >= 11 is 5.58. The second-order valence-corrected chi connectivity index (χ2v) is 8.98. The number of alkyl halides is 3. The molecule has 0 unspecified atom stereocenters. The number of halogens is 4. The molecule has 29 heavy (non-hydrogen) atoms. The topological polar surface area (TPSA) is 57.7 Å². The van der Waals surface area contributed by atoms with E-state index in [-0.39, 0.29) is 18.9 Å². The molecule has 0 amide bonds. The Kier molecular flexibility index (Phi) is 5.93. The zero-order valence-electron chi connectivity index (χ0n) is 15.4. The Labute approximate surface area is 171 Å². The van der Waals surface area contributed by atoms with Crippen LogP contribution in [0.3, 0.4) is 0 Å². The van der Waals surface area contributed by atoms with Gasteiger partial charge in [-0.15, -0.1) is 0 Å². The normalized spacial score (nSPS) is 16.1. The van der Waals surface area contributed by atoms with Gasteiger partial charge in [-0.1, -0.05) is 11.6 Å². The van der Waals surface area contributed by atoms with Crippen LogP contribution in [0.15, 0.2) is 47.4 Å². The lowest BCUT2D eigenvalue weighted by molar-refractivity contribution is -0.137. The molecule has 5 nitrogen and oxygen atoms in total. The SMILES string of the molecule is CC(=O)c1ccc(N2CCN(S(=O)(=O)c3ccc(Cl)c(C(F)(F)F)c3)CC2)cc1. The molecule has 0 atom stereocenters. The number of anilines is 1. The first kappa shape index (κ1) is 21.6. The van der Waals surface area contributed by atoms with Crippen molar-refractivity contribution in [1.29, 1.82) is 0 Å². The van der Waals surface area contributed by atoms with Crippen LogP contribution in [-0.2, 0) is 16.2 Å². The third-order valence-corrected chi connectivity index (χ3v) is 6.98. The molecule has 2 aromatic rings. The van der Waals surface area contributed by atoms with Gasteiger partial charge >= 0.3 is 6.18 Å². The second kappa shape index (κ2) is 7.97. The van der Waals surface area contributed by atoms with E-state index in [0.717, 1.165) is 22.1 Å². The van der Waals surface area contributed by atoms with Crippen LogP contribution in [-0.4, -0.2) is 44.7 Å². The Hall–Kier alpha value is -2.10. The number of rotatable bonds is 4. The summed E-state index contributed by atoms with van der Waals surface area (Å²) in [5.74, 6) is -0.0475. The Balaban J connectivity index is 1.75. The van der Waals surface area contributed by atoms with Crippen LogP contribution in [0.2, 0.25) is 5.02 Å². The van der Waals surface area contributed by atoms with Gasteiger partial charge in [0.05, 0.1) is 15.5 Å². The monoisotopic (exact) mass is 446 g/mol. The van der Waals surface area contributed by atoms with E-state index in [9.17, 15) is 26.4 Å². The standard InChI is InChI=1S/C19H18ClF3N2O3S/c1-13(26)14-2-4-15(5-3-14)24-8-10-25(11-9-24)29(27,28)16-6-7-18(20)17(12-16)19(21,22)23/h2-7,12H,8-11H2,1H3. The molecule has 0 aliphatic carbocycles. The van der Waals surface area contributed by atoms with Crippen molar-refractivity contribution >= 4 is 33.1 Å². The first-order valence-corrected chi connectivity index (χ1v) is 10.5. The van der Waals surface area contributed by atoms with Gasteiger partial charge in [0.15, 0.2) is 5.78 Å². The van der Waals surface area contributed by atoms with E-state index in [1.165, 1.54) is 6.92 Å². The van der Waals surface area contributed by atoms with Gasteiger partial charge in [-0.25, -0.2) is 8.42 Å². The van der Waals surface area contributed by atoms with Gasteiger partial charge in [-0.2, -0.15) is 17.5 Å². The second-order valence-electron chi connectivity index (χ2n) is 6.63. The van der Waals surface area contributed by atoms with Crippen LogP contribution in [0.5, 0.6) is 0 Å². The number of piperazine rings is 1. The van der Waals surface area contributed by atoms with Crippen LogP contribution in [0.1, 0.15) is 22.8 Å². The summed E-state index contributed by atoms with van der Waals surface area (Å²) in [4.78, 5) is 12.9. The zero-order chi connectivity index (χ0) is 21.4. The third-order valence-electron chi connectivity index (χ3n) is 4.76. The molecule has 0 spiro atoms. The van der Waals surface area contributed by atoms with Gasteiger partial charge < -0.3 is 4.90 Å². The van der Waals surface area contributed by atoms with Crippen LogP contribution < -0.4 is 4.90 Å². The smallest absolute Gasteiger partial charge is 0.369 e. The molecule has 1 aliphatic heterocycles. The van der Waals surface area contributed by atoms with Crippen molar-refractivity contribution < 1.29 is 26.4 Å². The average Bonchev–Trinajstić information content (AvgIpc) is 2.67. The van der Waals surface area contributed by atoms with Crippen LogP contribution in [0.25, 0.3) is 0 Å². The van der Waals surface area contributed by atoms with E-state index in [1.807, 2.05) is 4.90 Å². The number of hydrogen-bond donors (Lipinski definition) is 0. The molecular formula is C19H18ClF3N2O3S. The van der Waals surface area contributed by atoms with E-state index in [1.54, 1.807) is 24.3 Å². The first-order chi connectivity index (χ1) is 13.5. The van der Waals surface area contributed by atoms with Crippen molar-refractivity contribution in [3.05, 3.63) is 58.6 Å². The Morgan fingerprint density at radius 3 is 2.10 bits per heavy atom. The number of nitrogens with zero attached hydrogens (tertiary/aromatic N) is 2. The Morgan fingerprint density at radius 2 is 1.59 bits per heavy atom. The summed E-state index contributed by atoms with van der Waals surface area (Å²) in [6.45, 7) is 2.47. The van der Waals surface area contributed by atoms with E-state index in [0.29, 0.717) is 24.7 Å². The molecule has 0 aromatic heterocycles. The molecule has 0 bridgehead atoms. The molecule has 1 heterocycles. The lowest BCUT2D eigenvalue weighted by Crippen LogP contribution is -2.48. The fourth-order valence-electron chi connectivity index (χ4n) is 3.12. The van der Waals surface area contributed by atoms with Gasteiger partial charge in [0, 0.05) is 37.4 Å². The van der Waals surface area contributed by atoms with Crippen molar-refractivity contribution in [2.24, 2.45) is 0 Å². The highest BCUT2D eigenvalue weighted by Crippen LogP contribution is 2.36. The van der Waals surface area contributed by atoms with E-state index >= 15 is 0 Å². The lowest BCUT2D eigenvalue weighted by Gasteiger charge is -2.35. The highest BCUT2D eigenvalue weighted by molar-refractivity contribution is 7.89. The third kappa shape index (κ3) is 4.57. The predicted octanol–water partition coefficient (Wildman–Crippen LogP) is 4.07. The van der Waals surface area contributed by atoms with Crippen molar-refractivity contribution in [1.82, 2.24) is 4.31 Å². The van der Waals surface area contributed by atoms with Crippen LogP contribution in [0, 0.1) is 0 Å². The minimum Gasteiger partial charge on any atom is -0.369 e. The lowest BCUT2D eigenvalue weighted by atomic mass is 10.1. The minimum absolute atomic E-state index is 0.0475. The van der Waals surface area contributed by atoms with Gasteiger partial charge in [0.25, 0.3) is 0 Å².